The molecule has 116 valence electrons. The first-order valence-electron chi connectivity index (χ1n) is 7.87. The topological polar surface area (TPSA) is 49.6 Å². The molecule has 2 atom stereocenters. The molecule has 0 aromatic heterocycles. The molecule has 2 unspecified atom stereocenters. The SMILES string of the molecule is CC(C(=O)N1CCCCC1)N(C)C(C)c1cccc(N)c1. The lowest BCUT2D eigenvalue weighted by atomic mass is 10.0. The molecule has 4 heteroatoms. The summed E-state index contributed by atoms with van der Waals surface area (Å²) in [4.78, 5) is 16.7. The van der Waals surface area contributed by atoms with Gasteiger partial charge in [0.05, 0.1) is 6.04 Å². The second-order valence-electron chi connectivity index (χ2n) is 6.07. The summed E-state index contributed by atoms with van der Waals surface area (Å²) in [6, 6.07) is 7.95. The molecule has 2 rings (SSSR count). The van der Waals surface area contributed by atoms with Crippen molar-refractivity contribution in [3.8, 4) is 0 Å². The highest BCUT2D eigenvalue weighted by Gasteiger charge is 2.27. The van der Waals surface area contributed by atoms with Gasteiger partial charge in [0.15, 0.2) is 0 Å². The number of hydrogen-bond acceptors (Lipinski definition) is 3. The molecule has 1 aromatic carbocycles. The summed E-state index contributed by atoms with van der Waals surface area (Å²) in [5.41, 5.74) is 7.77. The first-order valence-corrected chi connectivity index (χ1v) is 7.87. The molecule has 1 saturated heterocycles. The van der Waals surface area contributed by atoms with E-state index in [1.54, 1.807) is 0 Å². The third kappa shape index (κ3) is 3.76. The van der Waals surface area contributed by atoms with Crippen molar-refractivity contribution in [2.75, 3.05) is 25.9 Å². The van der Waals surface area contributed by atoms with Gasteiger partial charge in [-0.15, -0.1) is 0 Å². The molecular formula is C17H27N3O. The van der Waals surface area contributed by atoms with Crippen molar-refractivity contribution < 1.29 is 4.79 Å². The van der Waals surface area contributed by atoms with Gasteiger partial charge in [-0.25, -0.2) is 0 Å². The Balaban J connectivity index is 2.03. The zero-order chi connectivity index (χ0) is 15.4. The van der Waals surface area contributed by atoms with E-state index < -0.39 is 0 Å². The maximum Gasteiger partial charge on any atom is 0.239 e. The van der Waals surface area contributed by atoms with Crippen LogP contribution in [-0.4, -0.2) is 41.9 Å². The molecule has 1 aliphatic heterocycles. The average molecular weight is 289 g/mol. The molecule has 1 aliphatic rings. The fourth-order valence-electron chi connectivity index (χ4n) is 2.94. The largest absolute Gasteiger partial charge is 0.399 e. The van der Waals surface area contributed by atoms with E-state index in [0.717, 1.165) is 37.2 Å². The lowest BCUT2D eigenvalue weighted by Gasteiger charge is -2.35. The molecule has 0 aliphatic carbocycles. The Bertz CT molecular complexity index is 483. The van der Waals surface area contributed by atoms with E-state index in [4.69, 9.17) is 5.73 Å². The number of benzene rings is 1. The lowest BCUT2D eigenvalue weighted by Crippen LogP contribution is -2.48. The van der Waals surface area contributed by atoms with E-state index in [0.29, 0.717) is 0 Å². The molecule has 21 heavy (non-hydrogen) atoms. The highest BCUT2D eigenvalue weighted by molar-refractivity contribution is 5.81. The molecule has 0 saturated carbocycles. The molecular weight excluding hydrogens is 262 g/mol. The number of hydrogen-bond donors (Lipinski definition) is 1. The number of likely N-dealkylation sites (tertiary alicyclic amines) is 1. The number of likely N-dealkylation sites (N-methyl/N-ethyl adjacent to an activating group) is 1. The third-order valence-electron chi connectivity index (χ3n) is 4.64. The molecule has 1 heterocycles. The second kappa shape index (κ2) is 6.94. The van der Waals surface area contributed by atoms with Gasteiger partial charge in [-0.3, -0.25) is 9.69 Å². The standard InChI is InChI=1S/C17H27N3O/c1-13(15-8-7-9-16(18)12-15)19(3)14(2)17(21)20-10-5-4-6-11-20/h7-9,12-14H,4-6,10-11,18H2,1-3H3. The maximum absolute atomic E-state index is 12.6. The second-order valence-corrected chi connectivity index (χ2v) is 6.07. The Morgan fingerprint density at radius 3 is 2.52 bits per heavy atom. The number of amides is 1. The Labute approximate surface area is 127 Å². The Kier molecular flexibility index (Phi) is 5.23. The van der Waals surface area contributed by atoms with Gasteiger partial charge in [0, 0.05) is 24.8 Å². The number of carbonyl (C=O) groups excluding carboxylic acids is 1. The maximum atomic E-state index is 12.6. The normalized spacial score (nSPS) is 18.6. The minimum Gasteiger partial charge on any atom is -0.399 e. The number of carbonyl (C=O) groups is 1. The van der Waals surface area contributed by atoms with Crippen LogP contribution in [0.2, 0.25) is 0 Å². The van der Waals surface area contributed by atoms with Crippen molar-refractivity contribution in [3.05, 3.63) is 29.8 Å². The van der Waals surface area contributed by atoms with E-state index in [-0.39, 0.29) is 18.0 Å². The smallest absolute Gasteiger partial charge is 0.239 e. The van der Waals surface area contributed by atoms with Gasteiger partial charge in [0.1, 0.15) is 0 Å². The molecule has 1 aromatic rings. The van der Waals surface area contributed by atoms with E-state index in [1.807, 2.05) is 37.1 Å². The van der Waals surface area contributed by atoms with Gasteiger partial charge in [-0.1, -0.05) is 12.1 Å². The number of rotatable bonds is 4. The van der Waals surface area contributed by atoms with Crippen molar-refractivity contribution >= 4 is 11.6 Å². The quantitative estimate of drug-likeness (QED) is 0.867. The van der Waals surface area contributed by atoms with Crippen LogP contribution < -0.4 is 5.73 Å². The molecule has 0 spiro atoms. The van der Waals surface area contributed by atoms with Gasteiger partial charge >= 0.3 is 0 Å². The summed E-state index contributed by atoms with van der Waals surface area (Å²) in [5.74, 6) is 0.243. The highest BCUT2D eigenvalue weighted by Crippen LogP contribution is 2.23. The number of nitrogen functional groups attached to an aromatic ring is 1. The highest BCUT2D eigenvalue weighted by atomic mass is 16.2. The predicted octanol–water partition coefficient (Wildman–Crippen LogP) is 2.66. The zero-order valence-corrected chi connectivity index (χ0v) is 13.4. The minimum absolute atomic E-state index is 0.112. The van der Waals surface area contributed by atoms with Crippen LogP contribution in [0.4, 0.5) is 5.69 Å². The Hall–Kier alpha value is -1.55. The molecule has 0 radical (unpaired) electrons. The van der Waals surface area contributed by atoms with Crippen LogP contribution in [0.15, 0.2) is 24.3 Å². The summed E-state index contributed by atoms with van der Waals surface area (Å²) < 4.78 is 0. The van der Waals surface area contributed by atoms with Crippen LogP contribution in [0.25, 0.3) is 0 Å². The Morgan fingerprint density at radius 2 is 1.90 bits per heavy atom. The summed E-state index contributed by atoms with van der Waals surface area (Å²) >= 11 is 0. The fourth-order valence-corrected chi connectivity index (χ4v) is 2.94. The van der Waals surface area contributed by atoms with E-state index >= 15 is 0 Å². The first kappa shape index (κ1) is 15.8. The molecule has 1 fully saturated rings. The summed E-state index contributed by atoms with van der Waals surface area (Å²) in [6.07, 6.45) is 3.51. The third-order valence-corrected chi connectivity index (χ3v) is 4.64. The number of anilines is 1. The molecule has 4 nitrogen and oxygen atoms in total. The number of piperidine rings is 1. The number of nitrogens with two attached hydrogens (primary N) is 1. The van der Waals surface area contributed by atoms with Gasteiger partial charge < -0.3 is 10.6 Å². The van der Waals surface area contributed by atoms with E-state index in [1.165, 1.54) is 6.42 Å². The van der Waals surface area contributed by atoms with Crippen molar-refractivity contribution in [2.45, 2.75) is 45.2 Å². The summed E-state index contributed by atoms with van der Waals surface area (Å²) in [5, 5.41) is 0. The van der Waals surface area contributed by atoms with E-state index in [2.05, 4.69) is 17.9 Å². The van der Waals surface area contributed by atoms with Crippen LogP contribution >= 0.6 is 0 Å². The molecule has 0 bridgehead atoms. The zero-order valence-electron chi connectivity index (χ0n) is 13.4. The monoisotopic (exact) mass is 289 g/mol. The molecule has 1 amide bonds. The van der Waals surface area contributed by atoms with Crippen LogP contribution in [0.5, 0.6) is 0 Å². The lowest BCUT2D eigenvalue weighted by molar-refractivity contribution is -0.137. The van der Waals surface area contributed by atoms with Crippen LogP contribution in [0.3, 0.4) is 0 Å². The van der Waals surface area contributed by atoms with Crippen molar-refractivity contribution in [3.63, 3.8) is 0 Å². The first-order chi connectivity index (χ1) is 10.0. The fraction of sp³-hybridized carbons (Fsp3) is 0.588. The van der Waals surface area contributed by atoms with Gasteiger partial charge in [-0.05, 0) is 57.9 Å². The van der Waals surface area contributed by atoms with Crippen LogP contribution in [0.1, 0.15) is 44.7 Å². The van der Waals surface area contributed by atoms with Crippen molar-refractivity contribution in [1.82, 2.24) is 9.80 Å². The van der Waals surface area contributed by atoms with Crippen LogP contribution in [0, 0.1) is 0 Å². The van der Waals surface area contributed by atoms with E-state index in [9.17, 15) is 4.79 Å². The van der Waals surface area contributed by atoms with Gasteiger partial charge in [-0.2, -0.15) is 0 Å². The van der Waals surface area contributed by atoms with Crippen LogP contribution in [-0.2, 0) is 4.79 Å². The summed E-state index contributed by atoms with van der Waals surface area (Å²) in [7, 11) is 2.01. The molecule has 2 N–H and O–H groups in total. The van der Waals surface area contributed by atoms with Gasteiger partial charge in [0.25, 0.3) is 0 Å². The number of nitrogens with zero attached hydrogens (tertiary/aromatic N) is 2. The minimum atomic E-state index is -0.112. The Morgan fingerprint density at radius 1 is 1.24 bits per heavy atom. The van der Waals surface area contributed by atoms with Crippen molar-refractivity contribution in [2.24, 2.45) is 0 Å². The predicted molar refractivity (Wildman–Crippen MR) is 86.9 cm³/mol. The average Bonchev–Trinajstić information content (AvgIpc) is 2.53. The van der Waals surface area contributed by atoms with Gasteiger partial charge in [0.2, 0.25) is 5.91 Å². The summed E-state index contributed by atoms with van der Waals surface area (Å²) in [6.45, 7) is 5.93. The van der Waals surface area contributed by atoms with Crippen molar-refractivity contribution in [1.29, 1.82) is 0 Å².